The second kappa shape index (κ2) is 7.37. The van der Waals surface area contributed by atoms with Gasteiger partial charge in [0.2, 0.25) is 23.6 Å². The molecule has 7 nitrogen and oxygen atoms in total. The van der Waals surface area contributed by atoms with Gasteiger partial charge in [0.25, 0.3) is 0 Å². The molecule has 2 aliphatic heterocycles. The molecule has 28 heavy (non-hydrogen) atoms. The zero-order valence-corrected chi connectivity index (χ0v) is 15.9. The molecule has 2 saturated heterocycles. The number of rotatable bonds is 4. The molecular weight excluding hydrogens is 358 g/mol. The molecular formula is C21H25N3O4. The van der Waals surface area contributed by atoms with Crippen LogP contribution in [0, 0.1) is 5.41 Å². The van der Waals surface area contributed by atoms with Crippen LogP contribution in [0.15, 0.2) is 24.3 Å². The highest BCUT2D eigenvalue weighted by Gasteiger charge is 2.51. The van der Waals surface area contributed by atoms with E-state index < -0.39 is 5.41 Å². The molecule has 4 amide bonds. The van der Waals surface area contributed by atoms with Gasteiger partial charge < -0.3 is 10.2 Å². The molecule has 0 atom stereocenters. The van der Waals surface area contributed by atoms with Gasteiger partial charge in [0, 0.05) is 30.8 Å². The van der Waals surface area contributed by atoms with Crippen molar-refractivity contribution in [1.82, 2.24) is 4.90 Å². The molecule has 1 aromatic rings. The third-order valence-corrected chi connectivity index (χ3v) is 6.14. The summed E-state index contributed by atoms with van der Waals surface area (Å²) in [6, 6.07) is 7.05. The number of hydrogen-bond acceptors (Lipinski definition) is 4. The zero-order chi connectivity index (χ0) is 19.7. The fraction of sp³-hybridized carbons (Fsp3) is 0.524. The fourth-order valence-corrected chi connectivity index (χ4v) is 4.63. The van der Waals surface area contributed by atoms with Crippen LogP contribution in [0.2, 0.25) is 0 Å². The van der Waals surface area contributed by atoms with Crippen LogP contribution < -0.4 is 10.2 Å². The summed E-state index contributed by atoms with van der Waals surface area (Å²) >= 11 is 0. The Bertz CT molecular complexity index is 811. The predicted molar refractivity (Wildman–Crippen MR) is 104 cm³/mol. The van der Waals surface area contributed by atoms with Crippen molar-refractivity contribution in [3.8, 4) is 0 Å². The van der Waals surface area contributed by atoms with Gasteiger partial charge in [-0.25, -0.2) is 0 Å². The molecule has 2 heterocycles. The molecule has 7 heteroatoms. The van der Waals surface area contributed by atoms with Gasteiger partial charge in [-0.1, -0.05) is 19.3 Å². The molecule has 3 fully saturated rings. The van der Waals surface area contributed by atoms with Gasteiger partial charge in [-0.05, 0) is 43.5 Å². The average molecular weight is 383 g/mol. The number of hydrogen-bond donors (Lipinski definition) is 1. The molecule has 3 aliphatic rings. The van der Waals surface area contributed by atoms with Gasteiger partial charge in [-0.3, -0.25) is 24.1 Å². The van der Waals surface area contributed by atoms with E-state index in [2.05, 4.69) is 5.32 Å². The molecule has 148 valence electrons. The summed E-state index contributed by atoms with van der Waals surface area (Å²) in [5.41, 5.74) is 0.816. The Kier molecular flexibility index (Phi) is 4.91. The van der Waals surface area contributed by atoms with Crippen molar-refractivity contribution in [1.29, 1.82) is 0 Å². The molecule has 1 saturated carbocycles. The Labute approximate surface area is 164 Å². The van der Waals surface area contributed by atoms with E-state index in [1.54, 1.807) is 29.2 Å². The molecule has 4 rings (SSSR count). The number of likely N-dealkylation sites (tertiary alicyclic amines) is 1. The number of benzene rings is 1. The maximum absolute atomic E-state index is 12.8. The minimum atomic E-state index is -0.570. The molecule has 1 aromatic carbocycles. The van der Waals surface area contributed by atoms with Crippen molar-refractivity contribution < 1.29 is 19.2 Å². The van der Waals surface area contributed by atoms with Gasteiger partial charge >= 0.3 is 0 Å². The fourth-order valence-electron chi connectivity index (χ4n) is 4.63. The van der Waals surface area contributed by atoms with Crippen LogP contribution in [-0.2, 0) is 19.2 Å². The van der Waals surface area contributed by atoms with E-state index in [0.717, 1.165) is 49.1 Å². The molecule has 0 radical (unpaired) electrons. The minimum Gasteiger partial charge on any atom is -0.325 e. The van der Waals surface area contributed by atoms with Gasteiger partial charge in [0.1, 0.15) is 6.54 Å². The van der Waals surface area contributed by atoms with E-state index in [9.17, 15) is 19.2 Å². The Morgan fingerprint density at radius 3 is 2.32 bits per heavy atom. The molecule has 1 aliphatic carbocycles. The SMILES string of the molecule is O=C(CN1C(=O)CC2(CCCCC2)C1=O)Nc1ccc(N2CCCC2=O)cc1. The smallest absolute Gasteiger partial charge is 0.244 e. The lowest BCUT2D eigenvalue weighted by atomic mass is 9.73. The first-order valence-corrected chi connectivity index (χ1v) is 10.0. The molecule has 0 bridgehead atoms. The van der Waals surface area contributed by atoms with Crippen LogP contribution in [0.5, 0.6) is 0 Å². The van der Waals surface area contributed by atoms with Crippen LogP contribution in [0.4, 0.5) is 11.4 Å². The standard InChI is InChI=1S/C21H25N3O4/c25-17(14-24-19(27)13-21(20(24)28)10-2-1-3-11-21)22-15-6-8-16(9-7-15)23-12-4-5-18(23)26/h6-9H,1-5,10-14H2,(H,22,25). The van der Waals surface area contributed by atoms with Crippen LogP contribution in [0.25, 0.3) is 0 Å². The predicted octanol–water partition coefficient (Wildman–Crippen LogP) is 2.46. The van der Waals surface area contributed by atoms with Gasteiger partial charge in [0.15, 0.2) is 0 Å². The van der Waals surface area contributed by atoms with Crippen molar-refractivity contribution in [3.63, 3.8) is 0 Å². The van der Waals surface area contributed by atoms with E-state index in [1.165, 1.54) is 0 Å². The van der Waals surface area contributed by atoms with Crippen molar-refractivity contribution >= 4 is 35.0 Å². The van der Waals surface area contributed by atoms with Crippen molar-refractivity contribution in [2.24, 2.45) is 5.41 Å². The summed E-state index contributed by atoms with van der Waals surface area (Å²) < 4.78 is 0. The highest BCUT2D eigenvalue weighted by Crippen LogP contribution is 2.45. The molecule has 1 spiro atoms. The van der Waals surface area contributed by atoms with Crippen molar-refractivity contribution in [3.05, 3.63) is 24.3 Å². The number of imide groups is 1. The summed E-state index contributed by atoms with van der Waals surface area (Å²) in [7, 11) is 0. The summed E-state index contributed by atoms with van der Waals surface area (Å²) in [5.74, 6) is -0.709. The van der Waals surface area contributed by atoms with Gasteiger partial charge in [0.05, 0.1) is 5.41 Å². The maximum atomic E-state index is 12.8. The lowest BCUT2D eigenvalue weighted by molar-refractivity contribution is -0.144. The molecule has 0 aromatic heterocycles. The van der Waals surface area contributed by atoms with Crippen LogP contribution >= 0.6 is 0 Å². The van der Waals surface area contributed by atoms with Crippen LogP contribution in [-0.4, -0.2) is 41.6 Å². The van der Waals surface area contributed by atoms with Crippen molar-refractivity contribution in [2.45, 2.75) is 51.4 Å². The number of carbonyl (C=O) groups excluding carboxylic acids is 4. The largest absolute Gasteiger partial charge is 0.325 e. The highest BCUT2D eigenvalue weighted by molar-refractivity contribution is 6.09. The number of nitrogens with one attached hydrogen (secondary N) is 1. The van der Waals surface area contributed by atoms with Gasteiger partial charge in [-0.2, -0.15) is 0 Å². The topological polar surface area (TPSA) is 86.8 Å². The van der Waals surface area contributed by atoms with Gasteiger partial charge in [-0.15, -0.1) is 0 Å². The Hall–Kier alpha value is -2.70. The van der Waals surface area contributed by atoms with Crippen LogP contribution in [0.1, 0.15) is 51.4 Å². The van der Waals surface area contributed by atoms with E-state index >= 15 is 0 Å². The van der Waals surface area contributed by atoms with E-state index in [4.69, 9.17) is 0 Å². The second-order valence-electron chi connectivity index (χ2n) is 8.05. The Morgan fingerprint density at radius 1 is 0.964 bits per heavy atom. The van der Waals surface area contributed by atoms with E-state index in [1.807, 2.05) is 0 Å². The lowest BCUT2D eigenvalue weighted by Gasteiger charge is -2.30. The van der Waals surface area contributed by atoms with E-state index in [-0.39, 0.29) is 36.6 Å². The normalized spacial score (nSPS) is 21.6. The summed E-state index contributed by atoms with van der Waals surface area (Å²) in [6.07, 6.45) is 6.17. The molecule has 1 N–H and O–H groups in total. The first-order chi connectivity index (χ1) is 13.5. The first kappa shape index (κ1) is 18.7. The van der Waals surface area contributed by atoms with E-state index in [0.29, 0.717) is 18.7 Å². The number of carbonyl (C=O) groups is 4. The zero-order valence-electron chi connectivity index (χ0n) is 15.9. The average Bonchev–Trinajstić information content (AvgIpc) is 3.20. The summed E-state index contributed by atoms with van der Waals surface area (Å²) in [5, 5.41) is 2.74. The lowest BCUT2D eigenvalue weighted by Crippen LogP contribution is -2.41. The third kappa shape index (κ3) is 3.41. The highest BCUT2D eigenvalue weighted by atomic mass is 16.2. The van der Waals surface area contributed by atoms with Crippen molar-refractivity contribution in [2.75, 3.05) is 23.3 Å². The number of amides is 4. The quantitative estimate of drug-likeness (QED) is 0.809. The Balaban J connectivity index is 1.37. The van der Waals surface area contributed by atoms with Crippen LogP contribution in [0.3, 0.4) is 0 Å². The summed E-state index contributed by atoms with van der Waals surface area (Å²) in [6.45, 7) is 0.469. The minimum absolute atomic E-state index is 0.111. The number of nitrogens with zero attached hydrogens (tertiary/aromatic N) is 2. The second-order valence-corrected chi connectivity index (χ2v) is 8.05. The monoisotopic (exact) mass is 383 g/mol. The maximum Gasteiger partial charge on any atom is 0.244 e. The first-order valence-electron chi connectivity index (χ1n) is 10.0. The third-order valence-electron chi connectivity index (χ3n) is 6.14. The number of anilines is 2. The molecule has 0 unspecified atom stereocenters. The summed E-state index contributed by atoms with van der Waals surface area (Å²) in [4.78, 5) is 52.2. The Morgan fingerprint density at radius 2 is 1.68 bits per heavy atom.